The van der Waals surface area contributed by atoms with Crippen molar-refractivity contribution in [2.75, 3.05) is 13.1 Å². The van der Waals surface area contributed by atoms with Crippen LogP contribution in [-0.4, -0.2) is 13.1 Å². The van der Waals surface area contributed by atoms with Crippen LogP contribution in [-0.2, 0) is 0 Å². The molecular formula is C16H31N. The second-order valence-electron chi connectivity index (χ2n) is 7.05. The van der Waals surface area contributed by atoms with E-state index in [1.54, 1.807) is 0 Å². The van der Waals surface area contributed by atoms with Gasteiger partial charge in [-0.15, -0.1) is 0 Å². The van der Waals surface area contributed by atoms with Gasteiger partial charge in [0.1, 0.15) is 0 Å². The zero-order valence-electron chi connectivity index (χ0n) is 12.1. The number of nitrogens with one attached hydrogen (secondary N) is 1. The van der Waals surface area contributed by atoms with Gasteiger partial charge in [0.15, 0.2) is 0 Å². The zero-order chi connectivity index (χ0) is 12.3. The lowest BCUT2D eigenvalue weighted by Crippen LogP contribution is -2.25. The fourth-order valence-electron chi connectivity index (χ4n) is 3.83. The summed E-state index contributed by atoms with van der Waals surface area (Å²) in [6, 6.07) is 0. The monoisotopic (exact) mass is 237 g/mol. The Morgan fingerprint density at radius 1 is 1.24 bits per heavy atom. The fourth-order valence-corrected chi connectivity index (χ4v) is 3.83. The molecule has 2 fully saturated rings. The Kier molecular flexibility index (Phi) is 4.52. The lowest BCUT2D eigenvalue weighted by molar-refractivity contribution is 0.227. The summed E-state index contributed by atoms with van der Waals surface area (Å²) in [4.78, 5) is 0. The molecule has 0 heterocycles. The first kappa shape index (κ1) is 13.4. The standard InChI is InChI=1S/C16H31N/c1-4-5-14-6-8-16(9-7-14)10-15(16)12-17-11-13(2)3/h13-15,17H,4-12H2,1-3H3. The van der Waals surface area contributed by atoms with Gasteiger partial charge in [0.25, 0.3) is 0 Å². The molecule has 1 spiro atoms. The van der Waals surface area contributed by atoms with Gasteiger partial charge < -0.3 is 5.32 Å². The molecule has 1 heteroatoms. The first-order valence-corrected chi connectivity index (χ1v) is 7.87. The van der Waals surface area contributed by atoms with Gasteiger partial charge in [-0.2, -0.15) is 0 Å². The van der Waals surface area contributed by atoms with Gasteiger partial charge in [0.2, 0.25) is 0 Å². The lowest BCUT2D eigenvalue weighted by Gasteiger charge is -2.29. The van der Waals surface area contributed by atoms with Crippen LogP contribution in [0.1, 0.15) is 65.7 Å². The largest absolute Gasteiger partial charge is 0.316 e. The Morgan fingerprint density at radius 2 is 1.94 bits per heavy atom. The van der Waals surface area contributed by atoms with Gasteiger partial charge in [-0.05, 0) is 68.4 Å². The van der Waals surface area contributed by atoms with Crippen LogP contribution < -0.4 is 5.32 Å². The summed E-state index contributed by atoms with van der Waals surface area (Å²) in [6.45, 7) is 9.42. The second kappa shape index (κ2) is 5.73. The van der Waals surface area contributed by atoms with Crippen molar-refractivity contribution < 1.29 is 0 Å². The lowest BCUT2D eigenvalue weighted by atomic mass is 9.77. The first-order chi connectivity index (χ1) is 8.16. The average molecular weight is 237 g/mol. The molecule has 100 valence electrons. The van der Waals surface area contributed by atoms with E-state index in [9.17, 15) is 0 Å². The van der Waals surface area contributed by atoms with Crippen molar-refractivity contribution in [2.24, 2.45) is 23.2 Å². The van der Waals surface area contributed by atoms with E-state index in [1.807, 2.05) is 0 Å². The Labute approximate surface area is 108 Å². The molecule has 2 saturated carbocycles. The summed E-state index contributed by atoms with van der Waals surface area (Å²) in [6.07, 6.45) is 10.5. The Bertz CT molecular complexity index is 226. The Morgan fingerprint density at radius 3 is 2.53 bits per heavy atom. The van der Waals surface area contributed by atoms with Crippen molar-refractivity contribution in [3.8, 4) is 0 Å². The van der Waals surface area contributed by atoms with E-state index >= 15 is 0 Å². The Balaban J connectivity index is 1.64. The SMILES string of the molecule is CCCC1CCC2(CC1)CC2CNCC(C)C. The maximum Gasteiger partial charge on any atom is -0.00149 e. The second-order valence-corrected chi connectivity index (χ2v) is 7.05. The molecule has 1 nitrogen and oxygen atoms in total. The maximum absolute atomic E-state index is 3.65. The smallest absolute Gasteiger partial charge is 0.00149 e. The highest BCUT2D eigenvalue weighted by molar-refractivity contribution is 5.05. The van der Waals surface area contributed by atoms with E-state index in [-0.39, 0.29) is 0 Å². The minimum atomic E-state index is 0.796. The molecule has 0 amide bonds. The van der Waals surface area contributed by atoms with Crippen molar-refractivity contribution in [2.45, 2.75) is 65.7 Å². The van der Waals surface area contributed by atoms with Gasteiger partial charge in [0.05, 0.1) is 0 Å². The molecule has 0 aliphatic heterocycles. The quantitative estimate of drug-likeness (QED) is 0.729. The van der Waals surface area contributed by atoms with E-state index < -0.39 is 0 Å². The van der Waals surface area contributed by atoms with Gasteiger partial charge in [-0.1, -0.05) is 33.6 Å². The van der Waals surface area contributed by atoms with Crippen molar-refractivity contribution in [1.82, 2.24) is 5.32 Å². The molecule has 0 bridgehead atoms. The molecule has 2 rings (SSSR count). The maximum atomic E-state index is 3.65. The fraction of sp³-hybridized carbons (Fsp3) is 1.00. The van der Waals surface area contributed by atoms with Crippen LogP contribution in [0.3, 0.4) is 0 Å². The molecular weight excluding hydrogens is 206 g/mol. The summed E-state index contributed by atoms with van der Waals surface area (Å²) in [5.74, 6) is 2.88. The normalized spacial score (nSPS) is 36.7. The highest BCUT2D eigenvalue weighted by atomic mass is 14.9. The van der Waals surface area contributed by atoms with Crippen LogP contribution in [0.15, 0.2) is 0 Å². The summed E-state index contributed by atoms with van der Waals surface area (Å²) in [7, 11) is 0. The molecule has 0 aromatic heterocycles. The average Bonchev–Trinajstić information content (AvgIpc) is 2.95. The molecule has 17 heavy (non-hydrogen) atoms. The third-order valence-electron chi connectivity index (χ3n) is 5.10. The molecule has 0 radical (unpaired) electrons. The van der Waals surface area contributed by atoms with Crippen molar-refractivity contribution in [1.29, 1.82) is 0 Å². The molecule has 2 aliphatic carbocycles. The van der Waals surface area contributed by atoms with Crippen LogP contribution in [0.25, 0.3) is 0 Å². The van der Waals surface area contributed by atoms with E-state index in [0.717, 1.165) is 23.2 Å². The van der Waals surface area contributed by atoms with E-state index in [1.165, 1.54) is 58.0 Å². The Hall–Kier alpha value is -0.0400. The first-order valence-electron chi connectivity index (χ1n) is 7.87. The molecule has 1 atom stereocenters. The summed E-state index contributed by atoms with van der Waals surface area (Å²) >= 11 is 0. The summed E-state index contributed by atoms with van der Waals surface area (Å²) < 4.78 is 0. The van der Waals surface area contributed by atoms with Crippen LogP contribution in [0.2, 0.25) is 0 Å². The van der Waals surface area contributed by atoms with Gasteiger partial charge in [-0.3, -0.25) is 0 Å². The number of hydrogen-bond acceptors (Lipinski definition) is 1. The minimum absolute atomic E-state index is 0.796. The topological polar surface area (TPSA) is 12.0 Å². The molecule has 1 N–H and O–H groups in total. The van der Waals surface area contributed by atoms with E-state index in [4.69, 9.17) is 0 Å². The number of rotatable bonds is 6. The number of hydrogen-bond donors (Lipinski definition) is 1. The van der Waals surface area contributed by atoms with E-state index in [0.29, 0.717) is 0 Å². The minimum Gasteiger partial charge on any atom is -0.316 e. The predicted octanol–water partition coefficient (Wildman–Crippen LogP) is 4.23. The molecule has 0 aromatic rings. The predicted molar refractivity (Wildman–Crippen MR) is 75.1 cm³/mol. The van der Waals surface area contributed by atoms with Crippen LogP contribution in [0.5, 0.6) is 0 Å². The highest BCUT2D eigenvalue weighted by Crippen LogP contribution is 2.62. The van der Waals surface area contributed by atoms with Crippen molar-refractivity contribution in [3.05, 3.63) is 0 Å². The van der Waals surface area contributed by atoms with Crippen molar-refractivity contribution in [3.63, 3.8) is 0 Å². The summed E-state index contributed by atoms with van der Waals surface area (Å²) in [5.41, 5.74) is 0.800. The zero-order valence-corrected chi connectivity index (χ0v) is 12.1. The molecule has 0 saturated heterocycles. The third-order valence-corrected chi connectivity index (χ3v) is 5.10. The van der Waals surface area contributed by atoms with Crippen LogP contribution in [0.4, 0.5) is 0 Å². The van der Waals surface area contributed by atoms with Gasteiger partial charge in [-0.25, -0.2) is 0 Å². The molecule has 1 unspecified atom stereocenters. The highest BCUT2D eigenvalue weighted by Gasteiger charge is 2.53. The van der Waals surface area contributed by atoms with E-state index in [2.05, 4.69) is 26.1 Å². The van der Waals surface area contributed by atoms with Gasteiger partial charge >= 0.3 is 0 Å². The van der Waals surface area contributed by atoms with Gasteiger partial charge in [0, 0.05) is 0 Å². The molecule has 2 aliphatic rings. The summed E-state index contributed by atoms with van der Waals surface area (Å²) in [5, 5.41) is 3.65. The van der Waals surface area contributed by atoms with Crippen molar-refractivity contribution >= 4 is 0 Å². The van der Waals surface area contributed by atoms with Crippen LogP contribution >= 0.6 is 0 Å². The third kappa shape index (κ3) is 3.47. The van der Waals surface area contributed by atoms with Crippen LogP contribution in [0, 0.1) is 23.2 Å². The molecule has 0 aromatic carbocycles.